The maximum absolute atomic E-state index is 6.98. The van der Waals surface area contributed by atoms with Crippen molar-refractivity contribution >= 4 is 23.5 Å². The molecule has 0 bridgehead atoms. The van der Waals surface area contributed by atoms with E-state index in [1.165, 1.54) is 38.8 Å². The highest BCUT2D eigenvalue weighted by Crippen LogP contribution is 2.62. The number of rotatable bonds is 2. The average molecular weight is 505 g/mol. The monoisotopic (exact) mass is 504 g/mol. The van der Waals surface area contributed by atoms with Gasteiger partial charge in [0.15, 0.2) is 0 Å². The summed E-state index contributed by atoms with van der Waals surface area (Å²) < 4.78 is 9.37. The van der Waals surface area contributed by atoms with E-state index >= 15 is 0 Å². The number of nitrogens with zero attached hydrogens (tertiary/aromatic N) is 2. The molecular formula is C34H41BN2O. The molecule has 0 spiro atoms. The lowest BCUT2D eigenvalue weighted by atomic mass is 9.59. The minimum Gasteiger partial charge on any atom is -0.537 e. The summed E-state index contributed by atoms with van der Waals surface area (Å²) in [5.74, 6) is 2.32. The fraction of sp³-hybridized carbons (Fsp3) is 0.441. The topological polar surface area (TPSA) is 27.1 Å². The van der Waals surface area contributed by atoms with Crippen LogP contribution in [0.3, 0.4) is 0 Å². The molecule has 0 saturated carbocycles. The van der Waals surface area contributed by atoms with Crippen LogP contribution in [0.15, 0.2) is 42.5 Å². The SMILES string of the molecule is Cc1cc(C)c(B2Oc3cccc(C(C)C)c3-c3nc4cc5c(cc4n32)C(C)(C)C(C)(C)C5(C)C)c(C)c1. The summed E-state index contributed by atoms with van der Waals surface area (Å²) >= 11 is 0. The van der Waals surface area contributed by atoms with E-state index in [9.17, 15) is 0 Å². The van der Waals surface area contributed by atoms with Crippen molar-refractivity contribution in [3.63, 3.8) is 0 Å². The second kappa shape index (κ2) is 7.77. The summed E-state index contributed by atoms with van der Waals surface area (Å²) in [7, 11) is -0.269. The fourth-order valence-electron chi connectivity index (χ4n) is 7.35. The van der Waals surface area contributed by atoms with Gasteiger partial charge in [-0.25, -0.2) is 4.98 Å². The first kappa shape index (κ1) is 25.3. The molecule has 0 amide bonds. The summed E-state index contributed by atoms with van der Waals surface area (Å²) in [4.78, 5) is 5.41. The van der Waals surface area contributed by atoms with Gasteiger partial charge in [0.05, 0.1) is 16.6 Å². The lowest BCUT2D eigenvalue weighted by Gasteiger charge is -2.44. The predicted octanol–water partition coefficient (Wildman–Crippen LogP) is 7.98. The highest BCUT2D eigenvalue weighted by atomic mass is 16.4. The molecule has 0 saturated heterocycles. The van der Waals surface area contributed by atoms with Crippen LogP contribution in [0.2, 0.25) is 0 Å². The van der Waals surface area contributed by atoms with Crippen LogP contribution in [0, 0.1) is 26.2 Å². The zero-order valence-electron chi connectivity index (χ0n) is 25.0. The van der Waals surface area contributed by atoms with Crippen molar-refractivity contribution in [3.05, 3.63) is 75.8 Å². The summed E-state index contributed by atoms with van der Waals surface area (Å²) in [6, 6.07) is 15.8. The molecule has 3 nitrogen and oxygen atoms in total. The van der Waals surface area contributed by atoms with E-state index in [2.05, 4.69) is 123 Å². The van der Waals surface area contributed by atoms with Crippen LogP contribution in [0.4, 0.5) is 0 Å². The zero-order valence-corrected chi connectivity index (χ0v) is 25.0. The Morgan fingerprint density at radius 2 is 1.45 bits per heavy atom. The van der Waals surface area contributed by atoms with Gasteiger partial charge < -0.3 is 9.13 Å². The van der Waals surface area contributed by atoms with Gasteiger partial charge in [0.2, 0.25) is 0 Å². The van der Waals surface area contributed by atoms with E-state index in [4.69, 9.17) is 9.64 Å². The highest BCUT2D eigenvalue weighted by Gasteiger charge is 2.57. The van der Waals surface area contributed by atoms with Gasteiger partial charge in [0.25, 0.3) is 0 Å². The maximum atomic E-state index is 6.98. The number of aromatic nitrogens is 2. The van der Waals surface area contributed by atoms with Crippen LogP contribution in [0.1, 0.15) is 94.7 Å². The summed E-state index contributed by atoms with van der Waals surface area (Å²) in [5, 5.41) is 0. The van der Waals surface area contributed by atoms with Crippen molar-refractivity contribution in [2.75, 3.05) is 0 Å². The van der Waals surface area contributed by atoms with Crippen LogP contribution in [-0.2, 0) is 10.8 Å². The Kier molecular flexibility index (Phi) is 5.17. The smallest absolute Gasteiger partial charge is 0.525 e. The number of aryl methyl sites for hydroxylation is 3. The second-order valence-electron chi connectivity index (χ2n) is 13.7. The maximum Gasteiger partial charge on any atom is 0.525 e. The van der Waals surface area contributed by atoms with Crippen LogP contribution in [0.5, 0.6) is 5.75 Å². The second-order valence-corrected chi connectivity index (χ2v) is 13.7. The molecule has 0 fully saturated rings. The van der Waals surface area contributed by atoms with Crippen LogP contribution in [-0.4, -0.2) is 16.5 Å². The van der Waals surface area contributed by atoms with Crippen molar-refractivity contribution < 1.29 is 4.65 Å². The summed E-state index contributed by atoms with van der Waals surface area (Å²) in [6.45, 7) is 25.6. The first-order valence-corrected chi connectivity index (χ1v) is 14.1. The van der Waals surface area contributed by atoms with E-state index in [1.54, 1.807) is 0 Å². The van der Waals surface area contributed by atoms with Crippen LogP contribution >= 0.6 is 0 Å². The van der Waals surface area contributed by atoms with Crippen molar-refractivity contribution in [2.24, 2.45) is 5.41 Å². The van der Waals surface area contributed by atoms with Crippen LogP contribution < -0.4 is 10.1 Å². The Hall–Kier alpha value is -3.01. The Morgan fingerprint density at radius 1 is 0.842 bits per heavy atom. The fourth-order valence-corrected chi connectivity index (χ4v) is 7.35. The van der Waals surface area contributed by atoms with Crippen molar-refractivity contribution in [1.82, 2.24) is 9.46 Å². The Morgan fingerprint density at radius 3 is 2.05 bits per heavy atom. The standard InChI is InChI=1S/C34H41BN2O/c1-19(2)23-13-12-14-28-29(23)31-36-26-17-24-25(33(8,9)34(10,11)32(24,6)7)18-27(26)37(31)35(38-28)30-21(4)15-20(3)16-22(30)5/h12-19H,1-11H3. The molecule has 0 N–H and O–H groups in total. The molecule has 0 atom stereocenters. The van der Waals surface area contributed by atoms with E-state index < -0.39 is 0 Å². The lowest BCUT2D eigenvalue weighted by molar-refractivity contribution is 0.125. The van der Waals surface area contributed by atoms with Gasteiger partial charge in [-0.05, 0) is 83.3 Å². The summed E-state index contributed by atoms with van der Waals surface area (Å²) in [5.41, 5.74) is 12.7. The molecule has 1 aromatic heterocycles. The number of hydrogen-bond acceptors (Lipinski definition) is 2. The number of fused-ring (bicyclic) bond motifs is 6. The van der Waals surface area contributed by atoms with E-state index in [-0.39, 0.29) is 23.3 Å². The number of imidazole rings is 1. The van der Waals surface area contributed by atoms with Gasteiger partial charge in [-0.3, -0.25) is 0 Å². The third-order valence-electron chi connectivity index (χ3n) is 10.7. The molecule has 1 aliphatic heterocycles. The average Bonchev–Trinajstić information content (AvgIpc) is 3.24. The van der Waals surface area contributed by atoms with Gasteiger partial charge in [-0.15, -0.1) is 0 Å². The molecule has 6 rings (SSSR count). The predicted molar refractivity (Wildman–Crippen MR) is 161 cm³/mol. The first-order valence-electron chi connectivity index (χ1n) is 14.1. The minimum atomic E-state index is -0.269. The minimum absolute atomic E-state index is 0.0203. The molecule has 38 heavy (non-hydrogen) atoms. The van der Waals surface area contributed by atoms with Gasteiger partial charge in [-0.1, -0.05) is 96.3 Å². The number of benzene rings is 3. The Bertz CT molecular complexity index is 1610. The molecule has 0 radical (unpaired) electrons. The molecule has 3 aromatic carbocycles. The van der Waals surface area contributed by atoms with E-state index in [1.807, 2.05) is 0 Å². The first-order chi connectivity index (χ1) is 17.7. The van der Waals surface area contributed by atoms with Crippen molar-refractivity contribution in [1.29, 1.82) is 0 Å². The van der Waals surface area contributed by atoms with Gasteiger partial charge in [-0.2, -0.15) is 0 Å². The quantitative estimate of drug-likeness (QED) is 0.259. The molecule has 4 aromatic rings. The molecular weight excluding hydrogens is 463 g/mol. The summed E-state index contributed by atoms with van der Waals surface area (Å²) in [6.07, 6.45) is 0. The number of hydrogen-bond donors (Lipinski definition) is 0. The Balaban J connectivity index is 1.73. The van der Waals surface area contributed by atoms with Gasteiger partial charge in [0, 0.05) is 0 Å². The third-order valence-corrected chi connectivity index (χ3v) is 10.7. The molecule has 2 heterocycles. The van der Waals surface area contributed by atoms with Gasteiger partial charge in [0.1, 0.15) is 11.6 Å². The van der Waals surface area contributed by atoms with Crippen molar-refractivity contribution in [3.8, 4) is 17.1 Å². The molecule has 0 unspecified atom stereocenters. The van der Waals surface area contributed by atoms with E-state index in [0.717, 1.165) is 28.2 Å². The molecule has 196 valence electrons. The normalized spacial score (nSPS) is 18.4. The van der Waals surface area contributed by atoms with Gasteiger partial charge >= 0.3 is 7.05 Å². The Labute approximate surface area is 228 Å². The molecule has 4 heteroatoms. The van der Waals surface area contributed by atoms with Crippen molar-refractivity contribution in [2.45, 2.75) is 92.9 Å². The molecule has 2 aliphatic rings. The third kappa shape index (κ3) is 3.06. The van der Waals surface area contributed by atoms with Crippen LogP contribution in [0.25, 0.3) is 22.4 Å². The lowest BCUT2D eigenvalue weighted by Crippen LogP contribution is -2.48. The largest absolute Gasteiger partial charge is 0.537 e. The zero-order chi connectivity index (χ0) is 27.5. The molecule has 1 aliphatic carbocycles. The van der Waals surface area contributed by atoms with E-state index in [0.29, 0.717) is 5.92 Å². The highest BCUT2D eigenvalue weighted by molar-refractivity contribution is 6.69.